The predicted octanol–water partition coefficient (Wildman–Crippen LogP) is 3.50. The zero-order valence-electron chi connectivity index (χ0n) is 17.7. The lowest BCUT2D eigenvalue weighted by Crippen LogP contribution is -2.49. The third kappa shape index (κ3) is 3.43. The molecule has 2 aliphatic heterocycles. The second-order valence-electron chi connectivity index (χ2n) is 9.18. The number of benzene rings is 1. The number of likely N-dealkylation sites (tertiary alicyclic amines) is 1. The molecule has 8 heteroatoms. The maximum absolute atomic E-state index is 12.9. The lowest BCUT2D eigenvalue weighted by molar-refractivity contribution is -0.140. The molecule has 4 aliphatic rings. The highest BCUT2D eigenvalue weighted by molar-refractivity contribution is 9.10. The summed E-state index contributed by atoms with van der Waals surface area (Å²) in [5.41, 5.74) is 2.14. The fraction of sp³-hybridized carbons (Fsp3) is 0.458. The van der Waals surface area contributed by atoms with Crippen LogP contribution in [0.1, 0.15) is 6.42 Å². The van der Waals surface area contributed by atoms with E-state index in [0.717, 1.165) is 60.0 Å². The number of rotatable bonds is 5. The van der Waals surface area contributed by atoms with Gasteiger partial charge in [0.2, 0.25) is 11.8 Å². The molecule has 1 aromatic carbocycles. The van der Waals surface area contributed by atoms with Gasteiger partial charge < -0.3 is 4.90 Å². The number of imide groups is 1. The molecule has 166 valence electrons. The molecular formula is C24H25BrN4O2S. The van der Waals surface area contributed by atoms with Gasteiger partial charge in [0.05, 0.1) is 17.5 Å². The standard InChI is InChI=1S/C24H25BrN4O2S/c25-18-5-3-15(4-6-18)19-14-32-24(26-19)28-10-7-27(8-11-28)9-12-29-22(30)20-16-1-2-17(13-16)21(20)23(29)31/h1-6,14,16-17,20-21H,7-13H2/t16-,17-,20+,21+/m0/s1. The van der Waals surface area contributed by atoms with Crippen LogP contribution in [-0.2, 0) is 9.59 Å². The Labute approximate surface area is 200 Å². The highest BCUT2D eigenvalue weighted by atomic mass is 79.9. The van der Waals surface area contributed by atoms with Crippen LogP contribution in [-0.4, -0.2) is 65.9 Å². The van der Waals surface area contributed by atoms with Crippen molar-refractivity contribution in [2.45, 2.75) is 6.42 Å². The van der Waals surface area contributed by atoms with Crippen LogP contribution in [0.3, 0.4) is 0 Å². The van der Waals surface area contributed by atoms with Crippen molar-refractivity contribution in [2.75, 3.05) is 44.2 Å². The van der Waals surface area contributed by atoms with Gasteiger partial charge in [-0.3, -0.25) is 19.4 Å². The fourth-order valence-electron chi connectivity index (χ4n) is 5.75. The second-order valence-corrected chi connectivity index (χ2v) is 10.9. The van der Waals surface area contributed by atoms with Gasteiger partial charge in [-0.2, -0.15) is 0 Å². The smallest absolute Gasteiger partial charge is 0.233 e. The first-order valence-corrected chi connectivity index (χ1v) is 13.0. The summed E-state index contributed by atoms with van der Waals surface area (Å²) < 4.78 is 1.07. The van der Waals surface area contributed by atoms with Gasteiger partial charge in [-0.15, -0.1) is 11.3 Å². The Bertz CT molecular complexity index is 1050. The van der Waals surface area contributed by atoms with Gasteiger partial charge in [0.1, 0.15) is 0 Å². The molecule has 2 aliphatic carbocycles. The quantitative estimate of drug-likeness (QED) is 0.453. The Morgan fingerprint density at radius 1 is 0.938 bits per heavy atom. The summed E-state index contributed by atoms with van der Waals surface area (Å²) in [7, 11) is 0. The predicted molar refractivity (Wildman–Crippen MR) is 128 cm³/mol. The van der Waals surface area contributed by atoms with Crippen LogP contribution in [0.15, 0.2) is 46.3 Å². The highest BCUT2D eigenvalue weighted by Gasteiger charge is 2.59. The van der Waals surface area contributed by atoms with E-state index < -0.39 is 0 Å². The number of carbonyl (C=O) groups is 2. The molecule has 0 N–H and O–H groups in total. The number of anilines is 1. The number of allylic oxidation sites excluding steroid dienone is 2. The molecule has 2 bridgehead atoms. The summed E-state index contributed by atoms with van der Waals surface area (Å²) >= 11 is 5.17. The number of aromatic nitrogens is 1. The Morgan fingerprint density at radius 3 is 2.25 bits per heavy atom. The van der Waals surface area contributed by atoms with Crippen LogP contribution in [0, 0.1) is 23.7 Å². The van der Waals surface area contributed by atoms with E-state index in [2.05, 4.69) is 55.4 Å². The van der Waals surface area contributed by atoms with Crippen LogP contribution in [0.5, 0.6) is 0 Å². The van der Waals surface area contributed by atoms with E-state index in [1.165, 1.54) is 0 Å². The lowest BCUT2D eigenvalue weighted by Gasteiger charge is -2.35. The molecule has 2 aromatic rings. The van der Waals surface area contributed by atoms with Gasteiger partial charge in [-0.1, -0.05) is 40.2 Å². The largest absolute Gasteiger partial charge is 0.346 e. The van der Waals surface area contributed by atoms with Gasteiger partial charge in [0.25, 0.3) is 0 Å². The molecule has 0 radical (unpaired) electrons. The minimum Gasteiger partial charge on any atom is -0.346 e. The summed E-state index contributed by atoms with van der Waals surface area (Å²) in [6, 6.07) is 8.24. The fourth-order valence-corrected chi connectivity index (χ4v) is 6.90. The summed E-state index contributed by atoms with van der Waals surface area (Å²) in [5.74, 6) is 0.544. The maximum atomic E-state index is 12.9. The van der Waals surface area contributed by atoms with Crippen molar-refractivity contribution in [3.63, 3.8) is 0 Å². The topological polar surface area (TPSA) is 56.8 Å². The van der Waals surface area contributed by atoms with Gasteiger partial charge >= 0.3 is 0 Å². The third-order valence-electron chi connectivity index (χ3n) is 7.48. The summed E-state index contributed by atoms with van der Waals surface area (Å²) in [6.07, 6.45) is 5.30. The number of piperazine rings is 1. The van der Waals surface area contributed by atoms with Crippen LogP contribution >= 0.6 is 27.3 Å². The third-order valence-corrected chi connectivity index (χ3v) is 8.91. The molecule has 32 heavy (non-hydrogen) atoms. The average Bonchev–Trinajstić information content (AvgIpc) is 3.59. The van der Waals surface area contributed by atoms with E-state index in [1.54, 1.807) is 16.2 Å². The molecule has 0 unspecified atom stereocenters. The van der Waals surface area contributed by atoms with Crippen molar-refractivity contribution in [3.8, 4) is 11.3 Å². The van der Waals surface area contributed by atoms with Crippen molar-refractivity contribution in [1.29, 1.82) is 0 Å². The van der Waals surface area contributed by atoms with Gasteiger partial charge in [0.15, 0.2) is 5.13 Å². The molecule has 4 atom stereocenters. The highest BCUT2D eigenvalue weighted by Crippen LogP contribution is 2.52. The minimum absolute atomic E-state index is 0.0683. The van der Waals surface area contributed by atoms with E-state index in [9.17, 15) is 9.59 Å². The molecule has 0 spiro atoms. The lowest BCUT2D eigenvalue weighted by atomic mass is 9.85. The molecule has 6 rings (SSSR count). The number of hydrogen-bond acceptors (Lipinski definition) is 6. The van der Waals surface area contributed by atoms with Crippen LogP contribution < -0.4 is 4.90 Å². The first-order chi connectivity index (χ1) is 15.6. The second kappa shape index (κ2) is 8.08. The van der Waals surface area contributed by atoms with Gasteiger partial charge in [-0.05, 0) is 30.4 Å². The van der Waals surface area contributed by atoms with Crippen LogP contribution in [0.2, 0.25) is 0 Å². The molecule has 6 nitrogen and oxygen atoms in total. The SMILES string of the molecule is O=C1[C@H]2[C@H](C(=O)N1CCN1CCN(c3nc(-c4ccc(Br)cc4)cs3)CC1)[C@H]1C=C[C@H]2C1. The Kier molecular flexibility index (Phi) is 5.19. The van der Waals surface area contributed by atoms with E-state index in [0.29, 0.717) is 6.54 Å². The molecule has 2 saturated heterocycles. The average molecular weight is 513 g/mol. The van der Waals surface area contributed by atoms with E-state index in [1.807, 2.05) is 12.1 Å². The van der Waals surface area contributed by atoms with E-state index in [-0.39, 0.29) is 35.5 Å². The summed E-state index contributed by atoms with van der Waals surface area (Å²) in [5, 5.41) is 3.18. The van der Waals surface area contributed by atoms with E-state index in [4.69, 9.17) is 4.98 Å². The number of thiazole rings is 1. The van der Waals surface area contributed by atoms with Gasteiger partial charge in [-0.25, -0.2) is 4.98 Å². The molecule has 2 amide bonds. The van der Waals surface area contributed by atoms with Crippen molar-refractivity contribution in [3.05, 3.63) is 46.3 Å². The van der Waals surface area contributed by atoms with Crippen molar-refractivity contribution >= 4 is 44.2 Å². The number of halogens is 1. The van der Waals surface area contributed by atoms with E-state index >= 15 is 0 Å². The number of hydrogen-bond donors (Lipinski definition) is 0. The summed E-state index contributed by atoms with van der Waals surface area (Å²) in [4.78, 5) is 36.8. The zero-order valence-corrected chi connectivity index (χ0v) is 20.1. The van der Waals surface area contributed by atoms with Crippen molar-refractivity contribution < 1.29 is 9.59 Å². The molecule has 1 saturated carbocycles. The number of nitrogens with zero attached hydrogens (tertiary/aromatic N) is 4. The van der Waals surface area contributed by atoms with Crippen molar-refractivity contribution in [2.24, 2.45) is 23.7 Å². The molecule has 3 fully saturated rings. The Hall–Kier alpha value is -2.03. The first kappa shape index (κ1) is 20.6. The minimum atomic E-state index is -0.0841. The van der Waals surface area contributed by atoms with Crippen LogP contribution in [0.25, 0.3) is 11.3 Å². The summed E-state index contributed by atoms with van der Waals surface area (Å²) in [6.45, 7) is 4.94. The van der Waals surface area contributed by atoms with Crippen molar-refractivity contribution in [1.82, 2.24) is 14.8 Å². The van der Waals surface area contributed by atoms with Gasteiger partial charge in [0, 0.05) is 54.7 Å². The molecule has 1 aromatic heterocycles. The number of carbonyl (C=O) groups excluding carboxylic acids is 2. The number of fused-ring (bicyclic) bond motifs is 5. The molecule has 3 heterocycles. The normalized spacial score (nSPS) is 29.4. The first-order valence-electron chi connectivity index (χ1n) is 11.3. The molecular weight excluding hydrogens is 488 g/mol. The Balaban J connectivity index is 1.03. The number of amides is 2. The zero-order chi connectivity index (χ0) is 21.8. The maximum Gasteiger partial charge on any atom is 0.233 e. The monoisotopic (exact) mass is 512 g/mol. The Morgan fingerprint density at radius 2 is 1.59 bits per heavy atom. The van der Waals surface area contributed by atoms with Crippen LogP contribution in [0.4, 0.5) is 5.13 Å².